The summed E-state index contributed by atoms with van der Waals surface area (Å²) in [6.45, 7) is 4.63. The summed E-state index contributed by atoms with van der Waals surface area (Å²) in [6.07, 6.45) is 3.36. The lowest BCUT2D eigenvalue weighted by atomic mass is 9.96. The maximum Gasteiger partial charge on any atom is 0.267 e. The summed E-state index contributed by atoms with van der Waals surface area (Å²) in [5, 5.41) is 3.14. The Balaban J connectivity index is 1.29. The minimum Gasteiger partial charge on any atom is -0.496 e. The number of hydrogen-bond acceptors (Lipinski definition) is 4. The zero-order valence-corrected chi connectivity index (χ0v) is 24.6. The Kier molecular flexibility index (Phi) is 7.85. The average molecular weight is 563 g/mol. The summed E-state index contributed by atoms with van der Waals surface area (Å²) in [5.74, 6) is 0.364. The van der Waals surface area contributed by atoms with Crippen LogP contribution < -0.4 is 15.0 Å². The Bertz CT molecular complexity index is 1610. The first-order valence-electron chi connectivity index (χ1n) is 14.8. The van der Waals surface area contributed by atoms with Gasteiger partial charge in [0.15, 0.2) is 0 Å². The molecular weight excluding hydrogens is 524 g/mol. The van der Waals surface area contributed by atoms with Crippen LogP contribution in [0.25, 0.3) is 11.1 Å². The van der Waals surface area contributed by atoms with Crippen molar-refractivity contribution in [2.45, 2.75) is 45.3 Å². The van der Waals surface area contributed by atoms with E-state index in [1.807, 2.05) is 83.1 Å². The van der Waals surface area contributed by atoms with Gasteiger partial charge in [0, 0.05) is 24.0 Å². The van der Waals surface area contributed by atoms with Crippen molar-refractivity contribution >= 4 is 17.5 Å². The maximum atomic E-state index is 14.3. The van der Waals surface area contributed by atoms with E-state index in [9.17, 15) is 9.59 Å². The van der Waals surface area contributed by atoms with Crippen molar-refractivity contribution in [3.63, 3.8) is 0 Å². The lowest BCUT2D eigenvalue weighted by Crippen LogP contribution is -2.33. The highest BCUT2D eigenvalue weighted by molar-refractivity contribution is 6.09. The number of anilines is 1. The molecule has 4 aromatic rings. The normalized spacial score (nSPS) is 16.5. The van der Waals surface area contributed by atoms with Gasteiger partial charge in [-0.3, -0.25) is 9.59 Å². The molecule has 7 nitrogen and oxygen atoms in total. The highest BCUT2D eigenvalue weighted by Crippen LogP contribution is 2.36. The van der Waals surface area contributed by atoms with Crippen LogP contribution in [0.3, 0.4) is 0 Å². The molecule has 0 radical (unpaired) electrons. The van der Waals surface area contributed by atoms with Crippen LogP contribution in [0.4, 0.5) is 5.69 Å². The second kappa shape index (κ2) is 11.9. The number of ether oxygens (including phenoxy) is 1. The molecule has 3 heterocycles. The van der Waals surface area contributed by atoms with Gasteiger partial charge in [0.05, 0.1) is 25.8 Å². The molecule has 42 heavy (non-hydrogen) atoms. The van der Waals surface area contributed by atoms with Crippen LogP contribution in [0.2, 0.25) is 0 Å². The van der Waals surface area contributed by atoms with Gasteiger partial charge in [-0.1, -0.05) is 54.6 Å². The van der Waals surface area contributed by atoms with Crippen LogP contribution in [0.5, 0.6) is 5.75 Å². The fourth-order valence-electron chi connectivity index (χ4n) is 6.53. The lowest BCUT2D eigenvalue weighted by molar-refractivity contribution is 0.0940. The van der Waals surface area contributed by atoms with Crippen molar-refractivity contribution in [1.82, 2.24) is 14.8 Å². The molecule has 216 valence electrons. The summed E-state index contributed by atoms with van der Waals surface area (Å²) in [5.41, 5.74) is 6.90. The zero-order chi connectivity index (χ0) is 29.2. The van der Waals surface area contributed by atoms with Gasteiger partial charge in [-0.25, -0.2) is 0 Å². The number of methoxy groups -OCH3 is 1. The van der Waals surface area contributed by atoms with E-state index in [1.165, 1.54) is 12.8 Å². The molecule has 1 N–H and O–H groups in total. The van der Waals surface area contributed by atoms with Gasteiger partial charge < -0.3 is 24.4 Å². The first kappa shape index (κ1) is 27.8. The molecule has 0 spiro atoms. The number of carbonyl (C=O) groups is 2. The minimum absolute atomic E-state index is 0.0760. The maximum absolute atomic E-state index is 14.3. The predicted octanol–water partition coefficient (Wildman–Crippen LogP) is 5.89. The van der Waals surface area contributed by atoms with Crippen LogP contribution in [-0.4, -0.2) is 54.6 Å². The van der Waals surface area contributed by atoms with Gasteiger partial charge in [-0.15, -0.1) is 0 Å². The number of benzene rings is 3. The highest BCUT2D eigenvalue weighted by Gasteiger charge is 2.30. The van der Waals surface area contributed by atoms with Gasteiger partial charge in [0.25, 0.3) is 11.8 Å². The Morgan fingerprint density at radius 2 is 1.74 bits per heavy atom. The van der Waals surface area contributed by atoms with Gasteiger partial charge in [-0.2, -0.15) is 0 Å². The van der Waals surface area contributed by atoms with Gasteiger partial charge >= 0.3 is 0 Å². The smallest absolute Gasteiger partial charge is 0.267 e. The van der Waals surface area contributed by atoms with Crippen LogP contribution >= 0.6 is 0 Å². The van der Waals surface area contributed by atoms with Crippen LogP contribution in [0, 0.1) is 6.92 Å². The first-order valence-corrected chi connectivity index (χ1v) is 14.8. The molecule has 1 atom stereocenters. The second-order valence-corrected chi connectivity index (χ2v) is 11.3. The number of carbonyl (C=O) groups excluding carboxylic acids is 2. The zero-order valence-electron chi connectivity index (χ0n) is 24.6. The molecule has 1 fully saturated rings. The molecule has 2 aliphatic heterocycles. The molecule has 2 amide bonds. The number of aromatic nitrogens is 1. The predicted molar refractivity (Wildman–Crippen MR) is 166 cm³/mol. The standard InChI is InChI=1S/C35H38N4O3/c1-24-29(25-10-5-4-6-11-25)16-17-30(33(24)42-3)35(41)39-23-28-15-18-32(38(28)22-26-12-7-8-14-31(26)39)34(40)36-20-19-27-13-9-21-37(27)2/h4-8,10-12,14-18,27H,9,13,19-23H2,1-3H3,(H,36,40). The topological polar surface area (TPSA) is 66.8 Å². The fraction of sp³-hybridized carbons (Fsp3) is 0.314. The number of hydrogen-bond donors (Lipinski definition) is 1. The van der Waals surface area contributed by atoms with Crippen molar-refractivity contribution in [3.05, 3.63) is 107 Å². The Morgan fingerprint density at radius 3 is 2.50 bits per heavy atom. The summed E-state index contributed by atoms with van der Waals surface area (Å²) in [7, 11) is 3.77. The van der Waals surface area contributed by atoms with Gasteiger partial charge in [0.1, 0.15) is 11.4 Å². The molecule has 7 heteroatoms. The Morgan fingerprint density at radius 1 is 0.952 bits per heavy atom. The van der Waals surface area contributed by atoms with Crippen molar-refractivity contribution in [1.29, 1.82) is 0 Å². The van der Waals surface area contributed by atoms with E-state index < -0.39 is 0 Å². The van der Waals surface area contributed by atoms with Crippen LogP contribution in [0.15, 0.2) is 78.9 Å². The van der Waals surface area contributed by atoms with Crippen molar-refractivity contribution in [2.75, 3.05) is 32.1 Å². The van der Waals surface area contributed by atoms with Crippen molar-refractivity contribution < 1.29 is 14.3 Å². The number of nitrogens with zero attached hydrogens (tertiary/aromatic N) is 3. The van der Waals surface area contributed by atoms with E-state index in [1.54, 1.807) is 7.11 Å². The summed E-state index contributed by atoms with van der Waals surface area (Å²) >= 11 is 0. The molecule has 0 bridgehead atoms. The summed E-state index contributed by atoms with van der Waals surface area (Å²) in [6, 6.07) is 26.3. The fourth-order valence-corrected chi connectivity index (χ4v) is 6.53. The minimum atomic E-state index is -0.136. The average Bonchev–Trinajstić information content (AvgIpc) is 3.56. The molecular formula is C35H38N4O3. The molecule has 1 saturated heterocycles. The monoisotopic (exact) mass is 562 g/mol. The molecule has 6 rings (SSSR count). The lowest BCUT2D eigenvalue weighted by Gasteiger charge is -2.24. The molecule has 3 aromatic carbocycles. The Hall–Kier alpha value is -4.36. The van der Waals surface area contributed by atoms with Gasteiger partial charge in [0.2, 0.25) is 0 Å². The number of fused-ring (bicyclic) bond motifs is 2. The van der Waals surface area contributed by atoms with E-state index in [-0.39, 0.29) is 11.8 Å². The van der Waals surface area contributed by atoms with E-state index >= 15 is 0 Å². The Labute approximate surface area is 247 Å². The van der Waals surface area contributed by atoms with Crippen molar-refractivity contribution in [3.8, 4) is 16.9 Å². The van der Waals surface area contributed by atoms with Gasteiger partial charge in [-0.05, 0) is 86.3 Å². The van der Waals surface area contributed by atoms with Crippen molar-refractivity contribution in [2.24, 2.45) is 0 Å². The number of likely N-dealkylation sites (tertiary alicyclic amines) is 1. The molecule has 2 aliphatic rings. The van der Waals surface area contributed by atoms with Crippen LogP contribution in [0.1, 0.15) is 56.9 Å². The molecule has 1 aromatic heterocycles. The van der Waals surface area contributed by atoms with E-state index in [4.69, 9.17) is 4.74 Å². The number of rotatable bonds is 7. The van der Waals surface area contributed by atoms with Crippen LogP contribution in [-0.2, 0) is 13.1 Å². The van der Waals surface area contributed by atoms with E-state index in [0.717, 1.165) is 46.6 Å². The first-order chi connectivity index (χ1) is 20.5. The SMILES string of the molecule is COc1c(C(=O)N2Cc3ccc(C(=O)NCCC4CCCN4C)n3Cc3ccccc32)ccc(-c2ccccc2)c1C. The molecule has 0 saturated carbocycles. The third-order valence-electron chi connectivity index (χ3n) is 8.84. The second-order valence-electron chi connectivity index (χ2n) is 11.3. The summed E-state index contributed by atoms with van der Waals surface area (Å²) < 4.78 is 7.89. The number of amides is 2. The number of para-hydroxylation sites is 1. The van der Waals surface area contributed by atoms with E-state index in [0.29, 0.717) is 42.7 Å². The third kappa shape index (κ3) is 5.21. The highest BCUT2D eigenvalue weighted by atomic mass is 16.5. The quantitative estimate of drug-likeness (QED) is 0.305. The number of nitrogens with one attached hydrogen (secondary N) is 1. The van der Waals surface area contributed by atoms with E-state index in [2.05, 4.69) is 29.4 Å². The largest absolute Gasteiger partial charge is 0.496 e. The molecule has 1 unspecified atom stereocenters. The molecule has 0 aliphatic carbocycles. The summed E-state index contributed by atoms with van der Waals surface area (Å²) in [4.78, 5) is 31.8. The third-order valence-corrected chi connectivity index (χ3v) is 8.84.